The molecule has 3 aromatic carbocycles. The fourth-order valence-electron chi connectivity index (χ4n) is 4.51. The lowest BCUT2D eigenvalue weighted by atomic mass is 9.97. The minimum absolute atomic E-state index is 0.130. The van der Waals surface area contributed by atoms with Crippen molar-refractivity contribution in [2.45, 2.75) is 19.9 Å². The second-order valence-electron chi connectivity index (χ2n) is 8.68. The molecule has 0 aliphatic heterocycles. The number of anilines is 1. The molecule has 0 unspecified atom stereocenters. The van der Waals surface area contributed by atoms with Crippen molar-refractivity contribution in [3.8, 4) is 22.6 Å². The number of hydrogen-bond acceptors (Lipinski definition) is 5. The van der Waals surface area contributed by atoms with Crippen LogP contribution in [0.15, 0.2) is 89.9 Å². The first kappa shape index (κ1) is 23.8. The van der Waals surface area contributed by atoms with Crippen LogP contribution in [0.3, 0.4) is 0 Å². The Labute approximate surface area is 214 Å². The number of aromatic nitrogens is 3. The second-order valence-corrected chi connectivity index (χ2v) is 8.68. The Bertz CT molecular complexity index is 1700. The van der Waals surface area contributed by atoms with Gasteiger partial charge in [-0.1, -0.05) is 48.5 Å². The smallest absolute Gasteiger partial charge is 0.263 e. The molecule has 0 aliphatic rings. The van der Waals surface area contributed by atoms with Crippen molar-refractivity contribution in [1.29, 1.82) is 0 Å². The summed E-state index contributed by atoms with van der Waals surface area (Å²) in [6.45, 7) is 11.2. The van der Waals surface area contributed by atoms with Crippen LogP contribution in [0.2, 0.25) is 0 Å². The van der Waals surface area contributed by atoms with Crippen LogP contribution < -0.4 is 15.6 Å². The van der Waals surface area contributed by atoms with Gasteiger partial charge in [0.25, 0.3) is 5.56 Å². The molecule has 7 heteroatoms. The number of benzene rings is 3. The first-order chi connectivity index (χ1) is 18.0. The van der Waals surface area contributed by atoms with E-state index in [1.807, 2.05) is 85.8 Å². The number of hydrogen-bond donors (Lipinski definition) is 1. The maximum Gasteiger partial charge on any atom is 0.263 e. The van der Waals surface area contributed by atoms with E-state index >= 15 is 0 Å². The molecular formula is C30H25N5O2. The fraction of sp³-hybridized carbons (Fsp3) is 0.133. The van der Waals surface area contributed by atoms with Crippen LogP contribution in [-0.2, 0) is 0 Å². The summed E-state index contributed by atoms with van der Waals surface area (Å²) in [6.07, 6.45) is 1.51. The van der Waals surface area contributed by atoms with E-state index in [1.165, 1.54) is 6.20 Å². The number of rotatable bonds is 6. The van der Waals surface area contributed by atoms with Crippen molar-refractivity contribution in [2.75, 3.05) is 12.4 Å². The van der Waals surface area contributed by atoms with Crippen molar-refractivity contribution < 1.29 is 4.74 Å². The zero-order valence-corrected chi connectivity index (χ0v) is 20.8. The summed E-state index contributed by atoms with van der Waals surface area (Å²) in [7, 11) is 1.63. The minimum Gasteiger partial charge on any atom is -0.497 e. The molecule has 0 fully saturated rings. The highest BCUT2D eigenvalue weighted by molar-refractivity contribution is 5.96. The SMILES string of the molecule is [C-]#[N+]c1cnc(C)nc1N[C@@H](C)c1cc2cccc(-c3cccc(OC)c3)c2c(=O)n1-c1ccccc1. The molecule has 2 aromatic heterocycles. The van der Waals surface area contributed by atoms with E-state index in [9.17, 15) is 4.79 Å². The van der Waals surface area contributed by atoms with Gasteiger partial charge in [-0.25, -0.2) is 9.83 Å². The molecule has 0 bridgehead atoms. The number of para-hydroxylation sites is 1. The predicted octanol–water partition coefficient (Wildman–Crippen LogP) is 6.49. The van der Waals surface area contributed by atoms with Crippen molar-refractivity contribution in [1.82, 2.24) is 14.5 Å². The molecule has 0 spiro atoms. The number of pyridine rings is 1. The normalized spacial score (nSPS) is 11.6. The number of fused-ring (bicyclic) bond motifs is 1. The number of methoxy groups -OCH3 is 1. The zero-order chi connectivity index (χ0) is 25.9. The average Bonchev–Trinajstić information content (AvgIpc) is 2.93. The topological polar surface area (TPSA) is 73.4 Å². The molecule has 5 aromatic rings. The van der Waals surface area contributed by atoms with Gasteiger partial charge in [-0.05, 0) is 60.7 Å². The molecule has 0 saturated carbocycles. The molecule has 1 N–H and O–H groups in total. The molecule has 0 saturated heterocycles. The van der Waals surface area contributed by atoms with E-state index in [0.717, 1.165) is 33.6 Å². The van der Waals surface area contributed by atoms with Crippen LogP contribution in [0.4, 0.5) is 11.5 Å². The Kier molecular flexibility index (Phi) is 6.40. The Morgan fingerprint density at radius 1 is 1.03 bits per heavy atom. The van der Waals surface area contributed by atoms with Gasteiger partial charge in [0.1, 0.15) is 17.4 Å². The van der Waals surface area contributed by atoms with Crippen LogP contribution in [0, 0.1) is 13.5 Å². The summed E-state index contributed by atoms with van der Waals surface area (Å²) >= 11 is 0. The molecule has 37 heavy (non-hydrogen) atoms. The maximum absolute atomic E-state index is 14.3. The second kappa shape index (κ2) is 9.96. The van der Waals surface area contributed by atoms with Crippen molar-refractivity contribution in [3.05, 3.63) is 118 Å². The highest BCUT2D eigenvalue weighted by Gasteiger charge is 2.20. The standard InChI is InChI=1S/C30H25N5O2/c1-19(33-29-26(31-3)18-32-20(2)34-29)27-17-22-11-9-15-25(21-10-8-14-24(16-21)37-4)28(22)30(36)35(27)23-12-6-5-7-13-23/h5-19H,1-2,4H3,(H,32,33,34)/t19-/m0/s1. The molecule has 5 rings (SSSR count). The molecule has 0 amide bonds. The highest BCUT2D eigenvalue weighted by atomic mass is 16.5. The van der Waals surface area contributed by atoms with Gasteiger partial charge in [0, 0.05) is 17.6 Å². The van der Waals surface area contributed by atoms with Gasteiger partial charge in [0.2, 0.25) is 5.69 Å². The maximum atomic E-state index is 14.3. The molecule has 2 heterocycles. The Morgan fingerprint density at radius 2 is 1.81 bits per heavy atom. The third-order valence-corrected chi connectivity index (χ3v) is 6.28. The lowest BCUT2D eigenvalue weighted by Gasteiger charge is -2.22. The van der Waals surface area contributed by atoms with E-state index < -0.39 is 0 Å². The summed E-state index contributed by atoms with van der Waals surface area (Å²) in [5.74, 6) is 1.72. The Balaban J connectivity index is 1.74. The van der Waals surface area contributed by atoms with Gasteiger partial charge in [0.05, 0.1) is 25.1 Å². The van der Waals surface area contributed by atoms with Gasteiger partial charge in [-0.15, -0.1) is 0 Å². The molecule has 0 radical (unpaired) electrons. The van der Waals surface area contributed by atoms with Crippen molar-refractivity contribution >= 4 is 22.3 Å². The largest absolute Gasteiger partial charge is 0.497 e. The van der Waals surface area contributed by atoms with E-state index in [4.69, 9.17) is 11.3 Å². The lowest BCUT2D eigenvalue weighted by Crippen LogP contribution is -2.26. The third kappa shape index (κ3) is 4.53. The quantitative estimate of drug-likeness (QED) is 0.277. The number of aryl methyl sites for hydroxylation is 1. The minimum atomic E-state index is -0.340. The zero-order valence-electron chi connectivity index (χ0n) is 20.8. The van der Waals surface area contributed by atoms with Crippen LogP contribution in [-0.4, -0.2) is 21.6 Å². The lowest BCUT2D eigenvalue weighted by molar-refractivity contribution is 0.415. The fourth-order valence-corrected chi connectivity index (χ4v) is 4.51. The highest BCUT2D eigenvalue weighted by Crippen LogP contribution is 2.32. The Morgan fingerprint density at radius 3 is 2.57 bits per heavy atom. The van der Waals surface area contributed by atoms with Crippen molar-refractivity contribution in [2.24, 2.45) is 0 Å². The van der Waals surface area contributed by atoms with Crippen molar-refractivity contribution in [3.63, 3.8) is 0 Å². The van der Waals surface area contributed by atoms with Gasteiger partial charge >= 0.3 is 0 Å². The van der Waals surface area contributed by atoms with Crippen LogP contribution in [0.25, 0.3) is 32.4 Å². The summed E-state index contributed by atoms with van der Waals surface area (Å²) < 4.78 is 7.15. The third-order valence-electron chi connectivity index (χ3n) is 6.28. The molecule has 1 atom stereocenters. The van der Waals surface area contributed by atoms with Gasteiger partial charge in [-0.2, -0.15) is 0 Å². The number of ether oxygens (including phenoxy) is 1. The van der Waals surface area contributed by atoms with E-state index in [2.05, 4.69) is 20.1 Å². The summed E-state index contributed by atoms with van der Waals surface area (Å²) in [6, 6.07) is 24.8. The van der Waals surface area contributed by atoms with Gasteiger partial charge < -0.3 is 10.1 Å². The summed E-state index contributed by atoms with van der Waals surface area (Å²) in [5, 5.41) is 4.79. The average molecular weight is 488 g/mol. The molecule has 182 valence electrons. The first-order valence-corrected chi connectivity index (χ1v) is 11.9. The van der Waals surface area contributed by atoms with E-state index in [-0.39, 0.29) is 11.6 Å². The van der Waals surface area contributed by atoms with Crippen LogP contribution >= 0.6 is 0 Å². The molecular weight excluding hydrogens is 462 g/mol. The van der Waals surface area contributed by atoms with Crippen LogP contribution in [0.5, 0.6) is 5.75 Å². The van der Waals surface area contributed by atoms with E-state index in [1.54, 1.807) is 18.6 Å². The van der Waals surface area contributed by atoms with Crippen LogP contribution in [0.1, 0.15) is 24.5 Å². The van der Waals surface area contributed by atoms with Gasteiger partial charge in [0.15, 0.2) is 0 Å². The number of nitrogens with one attached hydrogen (secondary N) is 1. The summed E-state index contributed by atoms with van der Waals surface area (Å²) in [5.41, 5.74) is 3.43. The number of nitrogens with zero attached hydrogens (tertiary/aromatic N) is 4. The Hall–Kier alpha value is -4.96. The summed E-state index contributed by atoms with van der Waals surface area (Å²) in [4.78, 5) is 26.4. The molecule has 0 aliphatic carbocycles. The molecule has 7 nitrogen and oxygen atoms in total. The first-order valence-electron chi connectivity index (χ1n) is 11.9. The van der Waals surface area contributed by atoms with Gasteiger partial charge in [-0.3, -0.25) is 14.3 Å². The van der Waals surface area contributed by atoms with E-state index in [0.29, 0.717) is 22.7 Å². The predicted molar refractivity (Wildman–Crippen MR) is 147 cm³/mol. The monoisotopic (exact) mass is 487 g/mol.